The molecule has 0 aliphatic heterocycles. The van der Waals surface area contributed by atoms with Gasteiger partial charge in [-0.1, -0.05) is 5.57 Å². The Kier molecular flexibility index (Phi) is 7.94. The molecule has 2 heteroatoms. The zero-order valence-electron chi connectivity index (χ0n) is 4.57. The smallest absolute Gasteiger partial charge is 0.0467 e. The molecule has 0 saturated carbocycles. The maximum absolute atomic E-state index is 8.18. The van der Waals surface area contributed by atoms with Gasteiger partial charge in [0.2, 0.25) is 0 Å². The van der Waals surface area contributed by atoms with Gasteiger partial charge in [0.05, 0.1) is 0 Å². The summed E-state index contributed by atoms with van der Waals surface area (Å²) >= 11 is 0. The minimum atomic E-state index is 0. The highest BCUT2D eigenvalue weighted by atomic mass is 16.2. The summed E-state index contributed by atoms with van der Waals surface area (Å²) < 4.78 is 0. The van der Waals surface area contributed by atoms with Crippen molar-refractivity contribution in [3.05, 3.63) is 12.2 Å². The molecule has 0 amide bonds. The molecule has 0 spiro atoms. The number of aliphatic hydroxyl groups is 1. The molecule has 2 nitrogen and oxygen atoms in total. The first-order valence-corrected chi connectivity index (χ1v) is 2.02. The van der Waals surface area contributed by atoms with E-state index in [1.165, 1.54) is 0 Å². The lowest BCUT2D eigenvalue weighted by molar-refractivity contribution is 0.299. The summed E-state index contributed by atoms with van der Waals surface area (Å²) in [5, 5.41) is 8.18. The van der Waals surface area contributed by atoms with Crippen molar-refractivity contribution in [3.63, 3.8) is 0 Å². The monoisotopic (exact) mass is 104 g/mol. The van der Waals surface area contributed by atoms with Gasteiger partial charge in [-0.25, -0.2) is 0 Å². The largest absolute Gasteiger partial charge is 0.412 e. The van der Waals surface area contributed by atoms with E-state index in [1.807, 2.05) is 6.92 Å². The number of aliphatic hydroxyl groups excluding tert-OH is 1. The summed E-state index contributed by atoms with van der Waals surface area (Å²) in [5.74, 6) is 0. The fraction of sp³-hybridized carbons (Fsp3) is 0.600. The highest BCUT2D eigenvalue weighted by Gasteiger charge is 1.77. The zero-order valence-corrected chi connectivity index (χ0v) is 4.57. The Bertz CT molecular complexity index is 50.0. The highest BCUT2D eigenvalue weighted by Crippen LogP contribution is 1.90. The summed E-state index contributed by atoms with van der Waals surface area (Å²) in [6.07, 6.45) is 0.736. The Balaban J connectivity index is 0. The quantitative estimate of drug-likeness (QED) is 0.497. The molecular formula is C5H12O2. The van der Waals surface area contributed by atoms with Crippen LogP contribution >= 0.6 is 0 Å². The second-order valence-electron chi connectivity index (χ2n) is 1.43. The van der Waals surface area contributed by atoms with E-state index >= 15 is 0 Å². The van der Waals surface area contributed by atoms with Crippen molar-refractivity contribution in [3.8, 4) is 0 Å². The maximum Gasteiger partial charge on any atom is 0.0467 e. The average Bonchev–Trinajstić information content (AvgIpc) is 1.35. The van der Waals surface area contributed by atoms with Crippen LogP contribution in [-0.2, 0) is 0 Å². The molecule has 0 rings (SSSR count). The van der Waals surface area contributed by atoms with E-state index in [-0.39, 0.29) is 12.1 Å². The predicted molar refractivity (Wildman–Crippen MR) is 30.1 cm³/mol. The van der Waals surface area contributed by atoms with E-state index in [9.17, 15) is 0 Å². The molecule has 0 aromatic rings. The van der Waals surface area contributed by atoms with Crippen LogP contribution in [0.5, 0.6) is 0 Å². The van der Waals surface area contributed by atoms with Crippen molar-refractivity contribution in [1.29, 1.82) is 0 Å². The molecule has 7 heavy (non-hydrogen) atoms. The van der Waals surface area contributed by atoms with Gasteiger partial charge >= 0.3 is 0 Å². The molecule has 0 fully saturated rings. The van der Waals surface area contributed by atoms with Gasteiger partial charge in [-0.15, -0.1) is 6.58 Å². The number of hydrogen-bond donors (Lipinski definition) is 1. The van der Waals surface area contributed by atoms with E-state index in [0.717, 1.165) is 12.0 Å². The molecule has 44 valence electrons. The minimum Gasteiger partial charge on any atom is -0.412 e. The summed E-state index contributed by atoms with van der Waals surface area (Å²) in [5.41, 5.74) is 1.04. The van der Waals surface area contributed by atoms with Crippen molar-refractivity contribution in [1.82, 2.24) is 0 Å². The second kappa shape index (κ2) is 5.66. The third kappa shape index (κ3) is 10.7. The molecular weight excluding hydrogens is 92.1 g/mol. The van der Waals surface area contributed by atoms with Crippen LogP contribution in [0.25, 0.3) is 0 Å². The lowest BCUT2D eigenvalue weighted by atomic mass is 10.3. The molecule has 0 atom stereocenters. The van der Waals surface area contributed by atoms with Gasteiger partial charge < -0.3 is 10.6 Å². The van der Waals surface area contributed by atoms with Crippen LogP contribution in [0.15, 0.2) is 12.2 Å². The van der Waals surface area contributed by atoms with E-state index < -0.39 is 0 Å². The Morgan fingerprint density at radius 3 is 2.14 bits per heavy atom. The first-order valence-electron chi connectivity index (χ1n) is 2.02. The van der Waals surface area contributed by atoms with Crippen LogP contribution in [0.4, 0.5) is 0 Å². The Morgan fingerprint density at radius 2 is 2.14 bits per heavy atom. The van der Waals surface area contributed by atoms with Crippen molar-refractivity contribution in [2.45, 2.75) is 13.3 Å². The van der Waals surface area contributed by atoms with Crippen LogP contribution in [0.3, 0.4) is 0 Å². The molecule has 0 aliphatic carbocycles. The molecule has 0 unspecified atom stereocenters. The van der Waals surface area contributed by atoms with Gasteiger partial charge in [0.1, 0.15) is 0 Å². The molecule has 0 aromatic carbocycles. The van der Waals surface area contributed by atoms with Crippen LogP contribution in [0.1, 0.15) is 13.3 Å². The number of rotatable bonds is 2. The zero-order chi connectivity index (χ0) is 4.99. The van der Waals surface area contributed by atoms with Gasteiger partial charge in [-0.05, 0) is 13.3 Å². The van der Waals surface area contributed by atoms with E-state index in [4.69, 9.17) is 5.11 Å². The summed E-state index contributed by atoms with van der Waals surface area (Å²) in [4.78, 5) is 0. The highest BCUT2D eigenvalue weighted by molar-refractivity contribution is 4.86. The topological polar surface area (TPSA) is 51.7 Å². The summed E-state index contributed by atoms with van der Waals surface area (Å²) in [6.45, 7) is 5.72. The SMILES string of the molecule is C=C(C)CCO.O. The van der Waals surface area contributed by atoms with Crippen LogP contribution in [0, 0.1) is 0 Å². The third-order valence-electron chi connectivity index (χ3n) is 0.539. The normalized spacial score (nSPS) is 7.14. The van der Waals surface area contributed by atoms with Gasteiger partial charge in [-0.2, -0.15) is 0 Å². The Labute approximate surface area is 43.8 Å². The van der Waals surface area contributed by atoms with Crippen molar-refractivity contribution < 1.29 is 10.6 Å². The van der Waals surface area contributed by atoms with Crippen molar-refractivity contribution >= 4 is 0 Å². The first-order chi connectivity index (χ1) is 2.77. The standard InChI is InChI=1S/C5H10O.H2O/c1-5(2)3-4-6;/h6H,1,3-4H2,2H3;1H2. The fourth-order valence-corrected chi connectivity index (χ4v) is 0.191. The first kappa shape index (κ1) is 9.83. The maximum atomic E-state index is 8.18. The molecule has 0 aliphatic rings. The van der Waals surface area contributed by atoms with E-state index in [1.54, 1.807) is 0 Å². The molecule has 0 bridgehead atoms. The number of hydrogen-bond acceptors (Lipinski definition) is 1. The van der Waals surface area contributed by atoms with Crippen LogP contribution in [0.2, 0.25) is 0 Å². The van der Waals surface area contributed by atoms with Gasteiger partial charge in [0.25, 0.3) is 0 Å². The predicted octanol–water partition coefficient (Wildman–Crippen LogP) is 0.120. The Morgan fingerprint density at radius 1 is 1.71 bits per heavy atom. The van der Waals surface area contributed by atoms with Crippen molar-refractivity contribution in [2.75, 3.05) is 6.61 Å². The summed E-state index contributed by atoms with van der Waals surface area (Å²) in [6, 6.07) is 0. The van der Waals surface area contributed by atoms with E-state index in [0.29, 0.717) is 0 Å². The second-order valence-corrected chi connectivity index (χ2v) is 1.43. The van der Waals surface area contributed by atoms with Gasteiger partial charge in [-0.3, -0.25) is 0 Å². The molecule has 0 heterocycles. The fourth-order valence-electron chi connectivity index (χ4n) is 0.191. The van der Waals surface area contributed by atoms with Crippen molar-refractivity contribution in [2.24, 2.45) is 0 Å². The lowest BCUT2D eigenvalue weighted by Crippen LogP contribution is -1.79. The lowest BCUT2D eigenvalue weighted by Gasteiger charge is -1.87. The van der Waals surface area contributed by atoms with Crippen LogP contribution < -0.4 is 0 Å². The molecule has 0 aromatic heterocycles. The summed E-state index contributed by atoms with van der Waals surface area (Å²) in [7, 11) is 0. The third-order valence-corrected chi connectivity index (χ3v) is 0.539. The van der Waals surface area contributed by atoms with Crippen LogP contribution in [-0.4, -0.2) is 17.2 Å². The molecule has 0 radical (unpaired) electrons. The van der Waals surface area contributed by atoms with E-state index in [2.05, 4.69) is 6.58 Å². The van der Waals surface area contributed by atoms with Gasteiger partial charge in [0, 0.05) is 6.61 Å². The molecule has 0 saturated heterocycles. The van der Waals surface area contributed by atoms with Gasteiger partial charge in [0.15, 0.2) is 0 Å². The molecule has 3 N–H and O–H groups in total. The average molecular weight is 104 g/mol. The Hall–Kier alpha value is -0.340. The minimum absolute atomic E-state index is 0.